The van der Waals surface area contributed by atoms with Crippen molar-refractivity contribution in [1.29, 1.82) is 0 Å². The van der Waals surface area contributed by atoms with Crippen LogP contribution in [0.5, 0.6) is 0 Å². The Kier molecular flexibility index (Phi) is 4.35. The maximum absolute atomic E-state index is 12.7. The Balaban J connectivity index is 1.60. The molecule has 0 saturated carbocycles. The minimum atomic E-state index is -0.232. The number of nitrogens with one attached hydrogen (secondary N) is 1. The molecule has 0 aliphatic carbocycles. The summed E-state index contributed by atoms with van der Waals surface area (Å²) in [6, 6.07) is 18.8. The van der Waals surface area contributed by atoms with Gasteiger partial charge in [-0.3, -0.25) is 9.59 Å². The summed E-state index contributed by atoms with van der Waals surface area (Å²) in [6.45, 7) is 0.633. The fourth-order valence-electron chi connectivity index (χ4n) is 3.23. The summed E-state index contributed by atoms with van der Waals surface area (Å²) < 4.78 is 0. The van der Waals surface area contributed by atoms with Crippen LogP contribution in [-0.4, -0.2) is 18.4 Å². The first-order chi connectivity index (χ1) is 12.6. The summed E-state index contributed by atoms with van der Waals surface area (Å²) in [7, 11) is 0. The first-order valence-corrected chi connectivity index (χ1v) is 8.90. The van der Waals surface area contributed by atoms with E-state index in [4.69, 9.17) is 11.6 Å². The molecule has 1 aliphatic rings. The van der Waals surface area contributed by atoms with Gasteiger partial charge in [0, 0.05) is 24.2 Å². The fourth-order valence-corrected chi connectivity index (χ4v) is 3.45. The lowest BCUT2D eigenvalue weighted by Crippen LogP contribution is -2.24. The molecule has 4 nitrogen and oxygen atoms in total. The molecule has 130 valence electrons. The molecule has 1 heterocycles. The largest absolute Gasteiger partial charge is 0.322 e. The molecule has 0 aromatic heterocycles. The van der Waals surface area contributed by atoms with Gasteiger partial charge in [-0.1, -0.05) is 41.9 Å². The molecular weight excluding hydrogens is 348 g/mol. The molecule has 3 aromatic carbocycles. The molecule has 26 heavy (non-hydrogen) atoms. The summed E-state index contributed by atoms with van der Waals surface area (Å²) >= 11 is 6.25. The molecule has 0 radical (unpaired) electrons. The number of carbonyl (C=O) groups excluding carboxylic acids is 2. The molecule has 3 aromatic rings. The lowest BCUT2D eigenvalue weighted by molar-refractivity contribution is -0.117. The smallest absolute Gasteiger partial charge is 0.255 e. The van der Waals surface area contributed by atoms with Crippen molar-refractivity contribution in [2.45, 2.75) is 12.8 Å². The van der Waals surface area contributed by atoms with Crippen LogP contribution in [0, 0.1) is 0 Å². The first-order valence-electron chi connectivity index (χ1n) is 8.52. The van der Waals surface area contributed by atoms with Crippen molar-refractivity contribution < 1.29 is 9.59 Å². The van der Waals surface area contributed by atoms with Crippen LogP contribution in [0.15, 0.2) is 60.7 Å². The Bertz CT molecular complexity index is 1020. The molecule has 2 amide bonds. The first kappa shape index (κ1) is 16.6. The van der Waals surface area contributed by atoms with Crippen LogP contribution >= 0.6 is 11.6 Å². The number of hydrogen-bond acceptors (Lipinski definition) is 2. The summed E-state index contributed by atoms with van der Waals surface area (Å²) in [4.78, 5) is 26.3. The van der Waals surface area contributed by atoms with Crippen molar-refractivity contribution in [3.63, 3.8) is 0 Å². The molecule has 1 saturated heterocycles. The van der Waals surface area contributed by atoms with Gasteiger partial charge in [0.1, 0.15) is 0 Å². The molecule has 5 heteroatoms. The minimum absolute atomic E-state index is 0.0407. The van der Waals surface area contributed by atoms with E-state index in [1.54, 1.807) is 23.1 Å². The average molecular weight is 365 g/mol. The van der Waals surface area contributed by atoms with Crippen molar-refractivity contribution in [3.05, 3.63) is 71.2 Å². The number of anilines is 2. The van der Waals surface area contributed by atoms with Gasteiger partial charge in [0.15, 0.2) is 0 Å². The maximum Gasteiger partial charge on any atom is 0.255 e. The molecular formula is C21H17ClN2O2. The third-order valence-electron chi connectivity index (χ3n) is 4.58. The monoisotopic (exact) mass is 364 g/mol. The third kappa shape index (κ3) is 3.16. The SMILES string of the molecule is O=C(Nc1ccc2ccccc2c1)c1ccc(Cl)c(N2CCCC2=O)c1. The Hall–Kier alpha value is -2.85. The highest BCUT2D eigenvalue weighted by Crippen LogP contribution is 2.30. The molecule has 4 rings (SSSR count). The van der Waals surface area contributed by atoms with E-state index in [9.17, 15) is 9.59 Å². The van der Waals surface area contributed by atoms with Crippen LogP contribution in [0.25, 0.3) is 10.8 Å². The van der Waals surface area contributed by atoms with Gasteiger partial charge in [-0.15, -0.1) is 0 Å². The van der Waals surface area contributed by atoms with Crippen molar-refractivity contribution in [2.24, 2.45) is 0 Å². The van der Waals surface area contributed by atoms with Crippen LogP contribution in [-0.2, 0) is 4.79 Å². The van der Waals surface area contributed by atoms with Crippen LogP contribution in [0.1, 0.15) is 23.2 Å². The van der Waals surface area contributed by atoms with E-state index in [0.29, 0.717) is 29.2 Å². The molecule has 1 N–H and O–H groups in total. The van der Waals surface area contributed by atoms with Crippen LogP contribution < -0.4 is 10.2 Å². The van der Waals surface area contributed by atoms with E-state index >= 15 is 0 Å². The number of rotatable bonds is 3. The molecule has 0 unspecified atom stereocenters. The topological polar surface area (TPSA) is 49.4 Å². The van der Waals surface area contributed by atoms with Gasteiger partial charge >= 0.3 is 0 Å². The third-order valence-corrected chi connectivity index (χ3v) is 4.90. The lowest BCUT2D eigenvalue weighted by atomic mass is 10.1. The fraction of sp³-hybridized carbons (Fsp3) is 0.143. The number of amides is 2. The maximum atomic E-state index is 12.7. The second-order valence-corrected chi connectivity index (χ2v) is 6.74. The van der Waals surface area contributed by atoms with E-state index in [2.05, 4.69) is 5.32 Å². The van der Waals surface area contributed by atoms with Gasteiger partial charge in [0.05, 0.1) is 10.7 Å². The van der Waals surface area contributed by atoms with E-state index in [1.165, 1.54) is 0 Å². The predicted octanol–water partition coefficient (Wildman–Crippen LogP) is 4.87. The van der Waals surface area contributed by atoms with E-state index in [-0.39, 0.29) is 11.8 Å². The van der Waals surface area contributed by atoms with E-state index in [0.717, 1.165) is 22.9 Å². The highest BCUT2D eigenvalue weighted by Gasteiger charge is 2.24. The summed E-state index contributed by atoms with van der Waals surface area (Å²) in [6.07, 6.45) is 1.33. The minimum Gasteiger partial charge on any atom is -0.322 e. The zero-order valence-corrected chi connectivity index (χ0v) is 14.8. The Morgan fingerprint density at radius 2 is 1.81 bits per heavy atom. The van der Waals surface area contributed by atoms with E-state index < -0.39 is 0 Å². The Morgan fingerprint density at radius 1 is 1.00 bits per heavy atom. The Labute approximate surface area is 156 Å². The summed E-state index contributed by atoms with van der Waals surface area (Å²) in [5, 5.41) is 5.57. The van der Waals surface area contributed by atoms with Gasteiger partial charge in [-0.2, -0.15) is 0 Å². The molecule has 0 spiro atoms. The number of halogens is 1. The van der Waals surface area contributed by atoms with Gasteiger partial charge in [0.2, 0.25) is 5.91 Å². The second kappa shape index (κ2) is 6.81. The number of benzene rings is 3. The van der Waals surface area contributed by atoms with Gasteiger partial charge in [-0.05, 0) is 47.5 Å². The normalized spacial score (nSPS) is 14.0. The van der Waals surface area contributed by atoms with Crippen molar-refractivity contribution in [1.82, 2.24) is 0 Å². The average Bonchev–Trinajstić information content (AvgIpc) is 3.07. The molecule has 1 fully saturated rings. The molecule has 0 bridgehead atoms. The van der Waals surface area contributed by atoms with Crippen molar-refractivity contribution >= 4 is 45.6 Å². The molecule has 0 atom stereocenters. The van der Waals surface area contributed by atoms with Crippen LogP contribution in [0.3, 0.4) is 0 Å². The van der Waals surface area contributed by atoms with Gasteiger partial charge in [0.25, 0.3) is 5.91 Å². The van der Waals surface area contributed by atoms with Gasteiger partial charge in [-0.25, -0.2) is 0 Å². The number of nitrogens with zero attached hydrogens (tertiary/aromatic N) is 1. The lowest BCUT2D eigenvalue weighted by Gasteiger charge is -2.18. The van der Waals surface area contributed by atoms with Gasteiger partial charge < -0.3 is 10.2 Å². The zero-order valence-electron chi connectivity index (χ0n) is 14.0. The second-order valence-electron chi connectivity index (χ2n) is 6.33. The zero-order chi connectivity index (χ0) is 18.1. The van der Waals surface area contributed by atoms with Crippen LogP contribution in [0.2, 0.25) is 5.02 Å². The number of carbonyl (C=O) groups is 2. The Morgan fingerprint density at radius 3 is 2.58 bits per heavy atom. The summed E-state index contributed by atoms with van der Waals surface area (Å²) in [5.41, 5.74) is 1.79. The highest BCUT2D eigenvalue weighted by molar-refractivity contribution is 6.34. The van der Waals surface area contributed by atoms with E-state index in [1.807, 2.05) is 42.5 Å². The standard InChI is InChI=1S/C21H17ClN2O2/c22-18-10-8-16(13-19(18)24-11-3-6-20(24)25)21(26)23-17-9-7-14-4-1-2-5-15(14)12-17/h1-2,4-5,7-10,12-13H,3,6,11H2,(H,23,26). The van der Waals surface area contributed by atoms with Crippen molar-refractivity contribution in [2.75, 3.05) is 16.8 Å². The molecule has 1 aliphatic heterocycles. The van der Waals surface area contributed by atoms with Crippen molar-refractivity contribution in [3.8, 4) is 0 Å². The summed E-state index contributed by atoms with van der Waals surface area (Å²) in [5.74, 6) is -0.191. The highest BCUT2D eigenvalue weighted by atomic mass is 35.5. The number of fused-ring (bicyclic) bond motifs is 1. The quantitative estimate of drug-likeness (QED) is 0.720. The predicted molar refractivity (Wildman–Crippen MR) is 105 cm³/mol. The van der Waals surface area contributed by atoms with Crippen LogP contribution in [0.4, 0.5) is 11.4 Å². The number of hydrogen-bond donors (Lipinski definition) is 1.